The van der Waals surface area contributed by atoms with Gasteiger partial charge in [-0.05, 0) is 0 Å². The first-order valence-electron chi connectivity index (χ1n) is 9.55. The highest BCUT2D eigenvalue weighted by molar-refractivity contribution is 5.95. The van der Waals surface area contributed by atoms with E-state index >= 15 is 0 Å². The van der Waals surface area contributed by atoms with Gasteiger partial charge in [-0.25, -0.2) is 0 Å². The maximum absolute atomic E-state index is 13.5. The number of rotatable bonds is 5. The monoisotopic (exact) mass is 454 g/mol. The molecular formula is C23H18O10. The van der Waals surface area contributed by atoms with Gasteiger partial charge in [0.1, 0.15) is 11.0 Å². The molecule has 0 aliphatic carbocycles. The van der Waals surface area contributed by atoms with Crippen LogP contribution in [-0.2, 0) is 19.2 Å². The molecular weight excluding hydrogens is 436 g/mol. The fourth-order valence-electron chi connectivity index (χ4n) is 2.99. The van der Waals surface area contributed by atoms with Crippen LogP contribution >= 0.6 is 0 Å². The molecule has 10 nitrogen and oxygen atoms in total. The van der Waals surface area contributed by atoms with Crippen LogP contribution in [0.25, 0.3) is 22.3 Å². The minimum Gasteiger partial charge on any atom is -0.452 e. The summed E-state index contributed by atoms with van der Waals surface area (Å²) in [5.74, 6) is -5.21. The van der Waals surface area contributed by atoms with Crippen LogP contribution in [0, 0.1) is 0 Å². The van der Waals surface area contributed by atoms with E-state index in [0.717, 1.165) is 33.8 Å². The van der Waals surface area contributed by atoms with Gasteiger partial charge in [-0.3, -0.25) is 24.0 Å². The first-order chi connectivity index (χ1) is 15.6. The number of hydrogen-bond acceptors (Lipinski definition) is 10. The molecule has 0 spiro atoms. The topological polar surface area (TPSA) is 135 Å². The molecule has 33 heavy (non-hydrogen) atoms. The maximum Gasteiger partial charge on any atom is 0.308 e. The number of hydrogen-bond donors (Lipinski definition) is 0. The molecule has 3 rings (SSSR count). The summed E-state index contributed by atoms with van der Waals surface area (Å²) < 4.78 is 26.4. The van der Waals surface area contributed by atoms with Crippen molar-refractivity contribution in [2.75, 3.05) is 0 Å². The Morgan fingerprint density at radius 3 is 1.76 bits per heavy atom. The molecule has 1 heterocycles. The van der Waals surface area contributed by atoms with E-state index < -0.39 is 46.6 Å². The lowest BCUT2D eigenvalue weighted by atomic mass is 10.1. The zero-order chi connectivity index (χ0) is 24.3. The summed E-state index contributed by atoms with van der Waals surface area (Å²) in [6.45, 7) is 4.31. The van der Waals surface area contributed by atoms with Gasteiger partial charge < -0.3 is 23.4 Å². The molecule has 10 heteroatoms. The lowest BCUT2D eigenvalue weighted by Crippen LogP contribution is -2.17. The normalized spacial score (nSPS) is 10.4. The second kappa shape index (κ2) is 9.35. The van der Waals surface area contributed by atoms with Gasteiger partial charge in [-0.2, -0.15) is 0 Å². The Morgan fingerprint density at radius 2 is 1.21 bits per heavy atom. The molecule has 0 bridgehead atoms. The molecule has 0 aliphatic heterocycles. The number of carbonyl (C=O) groups is 4. The molecule has 0 fully saturated rings. The number of esters is 4. The molecule has 0 aliphatic rings. The van der Waals surface area contributed by atoms with Crippen molar-refractivity contribution in [3.05, 3.63) is 46.6 Å². The summed E-state index contributed by atoms with van der Waals surface area (Å²) >= 11 is 0. The summed E-state index contributed by atoms with van der Waals surface area (Å²) in [6.07, 6.45) is 0. The molecule has 0 unspecified atom stereocenters. The molecule has 2 aromatic carbocycles. The van der Waals surface area contributed by atoms with E-state index in [1.807, 2.05) is 0 Å². The van der Waals surface area contributed by atoms with Crippen molar-refractivity contribution in [2.45, 2.75) is 27.7 Å². The zero-order valence-electron chi connectivity index (χ0n) is 18.0. The van der Waals surface area contributed by atoms with Crippen LogP contribution < -0.4 is 24.4 Å². The van der Waals surface area contributed by atoms with E-state index in [-0.39, 0.29) is 22.5 Å². The minimum absolute atomic E-state index is 0.0916. The van der Waals surface area contributed by atoms with E-state index in [4.69, 9.17) is 23.4 Å². The van der Waals surface area contributed by atoms with Crippen molar-refractivity contribution in [3.8, 4) is 34.3 Å². The van der Waals surface area contributed by atoms with Crippen LogP contribution in [0.1, 0.15) is 27.7 Å². The van der Waals surface area contributed by atoms with E-state index in [1.54, 1.807) is 30.3 Å². The third-order valence-electron chi connectivity index (χ3n) is 4.04. The minimum atomic E-state index is -0.885. The predicted octanol–water partition coefficient (Wildman–Crippen LogP) is 3.16. The summed E-state index contributed by atoms with van der Waals surface area (Å²) in [5, 5.41) is -0.367. The summed E-state index contributed by atoms with van der Waals surface area (Å²) in [5.41, 5.74) is -0.664. The molecule has 0 radical (unpaired) electrons. The Bertz CT molecular complexity index is 1340. The van der Waals surface area contributed by atoms with Crippen molar-refractivity contribution < 1.29 is 42.5 Å². The van der Waals surface area contributed by atoms with Crippen molar-refractivity contribution in [2.24, 2.45) is 0 Å². The van der Waals surface area contributed by atoms with Crippen LogP contribution in [0.4, 0.5) is 0 Å². The van der Waals surface area contributed by atoms with Crippen molar-refractivity contribution in [1.29, 1.82) is 0 Å². The molecule has 170 valence electrons. The van der Waals surface area contributed by atoms with E-state index in [2.05, 4.69) is 0 Å². The van der Waals surface area contributed by atoms with Gasteiger partial charge in [-0.1, -0.05) is 30.3 Å². The highest BCUT2D eigenvalue weighted by Gasteiger charge is 2.29. The van der Waals surface area contributed by atoms with Crippen LogP contribution in [0.15, 0.2) is 45.6 Å². The number of fused-ring (bicyclic) bond motifs is 1. The molecule has 0 saturated heterocycles. The molecule has 1 aromatic heterocycles. The zero-order valence-corrected chi connectivity index (χ0v) is 18.0. The number of ether oxygens (including phenoxy) is 4. The van der Waals surface area contributed by atoms with Crippen LogP contribution in [-0.4, -0.2) is 23.9 Å². The van der Waals surface area contributed by atoms with Crippen molar-refractivity contribution in [1.82, 2.24) is 0 Å². The lowest BCUT2D eigenvalue weighted by Gasteiger charge is -2.16. The van der Waals surface area contributed by atoms with Gasteiger partial charge in [0, 0.05) is 39.3 Å². The van der Waals surface area contributed by atoms with Crippen LogP contribution in [0.5, 0.6) is 23.0 Å². The van der Waals surface area contributed by atoms with Gasteiger partial charge in [0.25, 0.3) is 0 Å². The first kappa shape index (κ1) is 23.2. The van der Waals surface area contributed by atoms with Crippen molar-refractivity contribution in [3.63, 3.8) is 0 Å². The largest absolute Gasteiger partial charge is 0.452 e. The Balaban J connectivity index is 2.51. The summed E-state index contributed by atoms with van der Waals surface area (Å²) in [7, 11) is 0. The van der Waals surface area contributed by atoms with Gasteiger partial charge in [0.2, 0.25) is 16.9 Å². The Kier molecular flexibility index (Phi) is 6.57. The fraction of sp³-hybridized carbons (Fsp3) is 0.174. The predicted molar refractivity (Wildman–Crippen MR) is 113 cm³/mol. The SMILES string of the molecule is CC(=O)Oc1cc2oc(-c3ccccc3)c(OC(C)=O)c(=O)c2c(OC(C)=O)c1OC(C)=O. The highest BCUT2D eigenvalue weighted by atomic mass is 16.6. The third kappa shape index (κ3) is 5.06. The highest BCUT2D eigenvalue weighted by Crippen LogP contribution is 2.45. The third-order valence-corrected chi connectivity index (χ3v) is 4.04. The number of carbonyl (C=O) groups excluding carboxylic acids is 4. The Morgan fingerprint density at radius 1 is 0.697 bits per heavy atom. The van der Waals surface area contributed by atoms with E-state index in [1.165, 1.54) is 0 Å². The standard InChI is InChI=1S/C23H18O10/c1-11(24)29-17-10-16-18(22(31-13(3)26)21(17)30-12(2)25)19(28)23(32-14(4)27)20(33-16)15-8-6-5-7-9-15/h5-10H,1-4H3. The average molecular weight is 454 g/mol. The second-order valence-electron chi connectivity index (χ2n) is 6.74. The summed E-state index contributed by atoms with van der Waals surface area (Å²) in [6, 6.07) is 9.45. The molecule has 0 amide bonds. The van der Waals surface area contributed by atoms with Gasteiger partial charge >= 0.3 is 23.9 Å². The Hall–Kier alpha value is -4.47. The lowest BCUT2D eigenvalue weighted by molar-refractivity contribution is -0.135. The van der Waals surface area contributed by atoms with Crippen LogP contribution in [0.2, 0.25) is 0 Å². The molecule has 0 saturated carbocycles. The van der Waals surface area contributed by atoms with E-state index in [0.29, 0.717) is 5.56 Å². The fourth-order valence-corrected chi connectivity index (χ4v) is 2.99. The van der Waals surface area contributed by atoms with Gasteiger partial charge in [-0.15, -0.1) is 0 Å². The molecule has 0 atom stereocenters. The number of benzene rings is 2. The van der Waals surface area contributed by atoms with Crippen molar-refractivity contribution >= 4 is 34.8 Å². The first-order valence-corrected chi connectivity index (χ1v) is 9.55. The second-order valence-corrected chi connectivity index (χ2v) is 6.74. The summed E-state index contributed by atoms with van der Waals surface area (Å²) in [4.78, 5) is 60.3. The molecule has 0 N–H and O–H groups in total. The van der Waals surface area contributed by atoms with Crippen LogP contribution in [0.3, 0.4) is 0 Å². The molecule has 3 aromatic rings. The quantitative estimate of drug-likeness (QED) is 0.418. The average Bonchev–Trinajstić information content (AvgIpc) is 2.71. The maximum atomic E-state index is 13.5. The smallest absolute Gasteiger partial charge is 0.308 e. The Labute approximate surface area is 186 Å². The van der Waals surface area contributed by atoms with E-state index in [9.17, 15) is 24.0 Å². The van der Waals surface area contributed by atoms with Gasteiger partial charge in [0.15, 0.2) is 17.3 Å². The van der Waals surface area contributed by atoms with Gasteiger partial charge in [0.05, 0.1) is 0 Å².